The van der Waals surface area contributed by atoms with E-state index >= 15 is 0 Å². The first kappa shape index (κ1) is 19.6. The maximum Gasteiger partial charge on any atom is 0.516 e. The van der Waals surface area contributed by atoms with Gasteiger partial charge in [-0.3, -0.25) is 4.68 Å². The molecule has 0 unspecified atom stereocenters. The summed E-state index contributed by atoms with van der Waals surface area (Å²) in [5, 5.41) is 14.4. The third-order valence-electron chi connectivity index (χ3n) is 5.86. The normalized spacial score (nSPS) is 18.1. The van der Waals surface area contributed by atoms with Crippen LogP contribution in [0, 0.1) is 20.8 Å². The first-order valence-corrected chi connectivity index (χ1v) is 9.16. The highest BCUT2D eigenvalue weighted by molar-refractivity contribution is 6.61. The molecule has 0 radical (unpaired) electrons. The molecule has 6 nitrogen and oxygen atoms in total. The van der Waals surface area contributed by atoms with Crippen LogP contribution in [0.2, 0.25) is 0 Å². The van der Waals surface area contributed by atoms with Gasteiger partial charge in [-0.15, -0.1) is 0 Å². The molecule has 1 aromatic carbocycles. The van der Waals surface area contributed by atoms with Crippen LogP contribution in [0.1, 0.15) is 60.4 Å². The molecule has 1 fully saturated rings. The Morgan fingerprint density at radius 1 is 1.11 bits per heavy atom. The molecule has 2 aromatic rings. The molecule has 0 atom stereocenters. The quantitative estimate of drug-likeness (QED) is 0.838. The summed E-state index contributed by atoms with van der Waals surface area (Å²) >= 11 is 0. The molecular weight excluding hydrogens is 343 g/mol. The molecule has 144 valence electrons. The van der Waals surface area contributed by atoms with Crippen molar-refractivity contribution in [2.75, 3.05) is 0 Å². The van der Waals surface area contributed by atoms with Crippen molar-refractivity contribution in [3.8, 4) is 0 Å². The van der Waals surface area contributed by atoms with Gasteiger partial charge in [-0.2, -0.15) is 5.10 Å². The zero-order chi connectivity index (χ0) is 20.1. The van der Waals surface area contributed by atoms with Gasteiger partial charge in [0.1, 0.15) is 5.69 Å². The average Bonchev–Trinajstić information content (AvgIpc) is 2.96. The molecule has 1 aliphatic rings. The van der Waals surface area contributed by atoms with Crippen molar-refractivity contribution < 1.29 is 19.2 Å². The molecule has 0 amide bonds. The second-order valence-electron chi connectivity index (χ2n) is 8.28. The Morgan fingerprint density at radius 2 is 1.63 bits per heavy atom. The number of carboxylic acids is 1. The second kappa shape index (κ2) is 6.50. The van der Waals surface area contributed by atoms with Crippen molar-refractivity contribution in [3.63, 3.8) is 0 Å². The summed E-state index contributed by atoms with van der Waals surface area (Å²) in [5.74, 6) is -1.01. The molecule has 3 rings (SSSR count). The number of carbonyl (C=O) groups is 1. The predicted molar refractivity (Wildman–Crippen MR) is 105 cm³/mol. The lowest BCUT2D eigenvalue weighted by Gasteiger charge is -2.32. The average molecular weight is 370 g/mol. The van der Waals surface area contributed by atoms with Gasteiger partial charge >= 0.3 is 13.1 Å². The Morgan fingerprint density at radius 3 is 2.11 bits per heavy atom. The summed E-state index contributed by atoms with van der Waals surface area (Å²) in [6, 6.07) is 6.04. The largest absolute Gasteiger partial charge is 0.516 e. The summed E-state index contributed by atoms with van der Waals surface area (Å²) in [7, 11) is -0.688. The molecule has 7 heteroatoms. The molecule has 27 heavy (non-hydrogen) atoms. The fourth-order valence-electron chi connectivity index (χ4n) is 3.38. The van der Waals surface area contributed by atoms with Gasteiger partial charge in [-0.1, -0.05) is 18.2 Å². The fourth-order valence-corrected chi connectivity index (χ4v) is 3.38. The highest BCUT2D eigenvalue weighted by atomic mass is 16.7. The third kappa shape index (κ3) is 3.30. The molecule has 0 saturated carbocycles. The molecule has 2 heterocycles. The van der Waals surface area contributed by atoms with E-state index in [1.807, 2.05) is 59.7 Å². The highest BCUT2D eigenvalue weighted by Crippen LogP contribution is 2.36. The van der Waals surface area contributed by atoms with Gasteiger partial charge in [-0.25, -0.2) is 4.79 Å². The Labute approximate surface area is 160 Å². The second-order valence-corrected chi connectivity index (χ2v) is 8.28. The maximum absolute atomic E-state index is 11.9. The van der Waals surface area contributed by atoms with Gasteiger partial charge in [-0.05, 0) is 65.2 Å². The van der Waals surface area contributed by atoms with Crippen LogP contribution in [0.4, 0.5) is 0 Å². The van der Waals surface area contributed by atoms with Gasteiger partial charge in [0.15, 0.2) is 0 Å². The van der Waals surface area contributed by atoms with Crippen LogP contribution >= 0.6 is 0 Å². The molecular formula is C20H27BN2O4. The Balaban J connectivity index is 2.05. The van der Waals surface area contributed by atoms with Crippen LogP contribution < -0.4 is 5.59 Å². The Bertz CT molecular complexity index is 865. The van der Waals surface area contributed by atoms with E-state index in [0.29, 0.717) is 17.7 Å². The van der Waals surface area contributed by atoms with Gasteiger partial charge in [0.05, 0.1) is 23.3 Å². The number of hydrogen-bond acceptors (Lipinski definition) is 4. The summed E-state index contributed by atoms with van der Waals surface area (Å²) in [6.45, 7) is 14.1. The highest BCUT2D eigenvalue weighted by Gasteiger charge is 2.53. The summed E-state index contributed by atoms with van der Waals surface area (Å²) in [6.07, 6.45) is 0. The van der Waals surface area contributed by atoms with Crippen molar-refractivity contribution in [2.24, 2.45) is 0 Å². The van der Waals surface area contributed by atoms with E-state index < -0.39 is 24.3 Å². The number of aryl methyl sites for hydroxylation is 2. The lowest BCUT2D eigenvalue weighted by atomic mass is 9.82. The minimum Gasteiger partial charge on any atom is -0.477 e. The van der Waals surface area contributed by atoms with Crippen LogP contribution in [0.3, 0.4) is 0 Å². The van der Waals surface area contributed by atoms with Crippen molar-refractivity contribution in [3.05, 3.63) is 46.1 Å². The van der Waals surface area contributed by atoms with E-state index in [1.165, 1.54) is 0 Å². The van der Waals surface area contributed by atoms with Crippen LogP contribution in [0.5, 0.6) is 0 Å². The Hall–Kier alpha value is -2.12. The number of aromatic nitrogens is 2. The summed E-state index contributed by atoms with van der Waals surface area (Å²) in [4.78, 5) is 11.9. The van der Waals surface area contributed by atoms with Crippen molar-refractivity contribution >= 4 is 18.7 Å². The van der Waals surface area contributed by atoms with Gasteiger partial charge in [0, 0.05) is 5.56 Å². The van der Waals surface area contributed by atoms with E-state index in [2.05, 4.69) is 5.10 Å². The van der Waals surface area contributed by atoms with Gasteiger partial charge in [0.2, 0.25) is 0 Å². The van der Waals surface area contributed by atoms with E-state index in [1.54, 1.807) is 11.6 Å². The topological polar surface area (TPSA) is 73.6 Å². The van der Waals surface area contributed by atoms with Gasteiger partial charge < -0.3 is 14.4 Å². The van der Waals surface area contributed by atoms with Crippen molar-refractivity contribution in [2.45, 2.75) is 66.2 Å². The standard InChI is InChI=1S/C20H27BN2O4/c1-12-9-8-10-13(2)15(12)11-23-16(18(24)25)14(3)17(22-23)21-26-19(4,5)20(6,7)27-21/h8-10H,11H2,1-7H3,(H,24,25). The number of benzene rings is 1. The summed E-state index contributed by atoms with van der Waals surface area (Å²) in [5.41, 5.74) is 3.54. The maximum atomic E-state index is 11.9. The molecule has 1 N–H and O–H groups in total. The lowest BCUT2D eigenvalue weighted by molar-refractivity contribution is 0.00578. The van der Waals surface area contributed by atoms with E-state index in [9.17, 15) is 9.90 Å². The monoisotopic (exact) mass is 370 g/mol. The Kier molecular flexibility index (Phi) is 4.72. The van der Waals surface area contributed by atoms with Crippen molar-refractivity contribution in [1.29, 1.82) is 0 Å². The number of carboxylic acid groups (broad SMARTS) is 1. The smallest absolute Gasteiger partial charge is 0.477 e. The lowest BCUT2D eigenvalue weighted by Crippen LogP contribution is -2.41. The minimum atomic E-state index is -1.01. The summed E-state index contributed by atoms with van der Waals surface area (Å²) < 4.78 is 13.7. The third-order valence-corrected chi connectivity index (χ3v) is 5.86. The first-order chi connectivity index (χ1) is 12.4. The van der Waals surface area contributed by atoms with Crippen molar-refractivity contribution in [1.82, 2.24) is 9.78 Å². The fraction of sp³-hybridized carbons (Fsp3) is 0.500. The SMILES string of the molecule is Cc1cccc(C)c1Cn1nc(B2OC(C)(C)C(C)(C)O2)c(C)c1C(=O)O. The zero-order valence-electron chi connectivity index (χ0n) is 17.1. The van der Waals surface area contributed by atoms with Crippen LogP contribution in [-0.2, 0) is 15.9 Å². The molecule has 1 aromatic heterocycles. The molecule has 0 aliphatic carbocycles. The van der Waals surface area contributed by atoms with Crippen LogP contribution in [0.25, 0.3) is 0 Å². The van der Waals surface area contributed by atoms with E-state index in [-0.39, 0.29) is 5.69 Å². The molecule has 1 saturated heterocycles. The number of nitrogens with zero attached hydrogens (tertiary/aromatic N) is 2. The van der Waals surface area contributed by atoms with E-state index in [0.717, 1.165) is 16.7 Å². The van der Waals surface area contributed by atoms with Crippen LogP contribution in [-0.4, -0.2) is 39.2 Å². The number of hydrogen-bond donors (Lipinski definition) is 1. The number of aromatic carboxylic acids is 1. The molecule has 1 aliphatic heterocycles. The van der Waals surface area contributed by atoms with E-state index in [4.69, 9.17) is 9.31 Å². The first-order valence-electron chi connectivity index (χ1n) is 9.16. The zero-order valence-corrected chi connectivity index (χ0v) is 17.1. The minimum absolute atomic E-state index is 0.169. The molecule has 0 spiro atoms. The predicted octanol–water partition coefficient (Wildman–Crippen LogP) is 2.85. The van der Waals surface area contributed by atoms with Crippen LogP contribution in [0.15, 0.2) is 18.2 Å². The number of rotatable bonds is 4. The molecule has 0 bridgehead atoms. The van der Waals surface area contributed by atoms with Gasteiger partial charge in [0.25, 0.3) is 0 Å².